The van der Waals surface area contributed by atoms with Crippen molar-refractivity contribution in [3.8, 4) is 0 Å². The van der Waals surface area contributed by atoms with Crippen molar-refractivity contribution >= 4 is 21.8 Å². The van der Waals surface area contributed by atoms with Crippen LogP contribution >= 0.6 is 0 Å². The molecule has 2 rings (SSSR count). The van der Waals surface area contributed by atoms with Crippen molar-refractivity contribution in [2.45, 2.75) is 38.0 Å². The molecule has 1 aromatic carbocycles. The summed E-state index contributed by atoms with van der Waals surface area (Å²) in [4.78, 5) is 26.0. The van der Waals surface area contributed by atoms with Crippen molar-refractivity contribution in [2.24, 2.45) is 5.92 Å². The molecule has 1 aliphatic heterocycles. The zero-order chi connectivity index (χ0) is 20.0. The lowest BCUT2D eigenvalue weighted by Crippen LogP contribution is -2.45. The van der Waals surface area contributed by atoms with Crippen molar-refractivity contribution in [1.29, 1.82) is 0 Å². The molecule has 8 heteroatoms. The minimum atomic E-state index is -3.53. The van der Waals surface area contributed by atoms with Gasteiger partial charge in [-0.1, -0.05) is 24.6 Å². The van der Waals surface area contributed by atoms with Crippen LogP contribution in [0.1, 0.15) is 31.7 Å². The van der Waals surface area contributed by atoms with Gasteiger partial charge in [-0.25, -0.2) is 8.42 Å². The summed E-state index contributed by atoms with van der Waals surface area (Å²) in [5, 5.41) is 2.75. The topological polar surface area (TPSA) is 86.8 Å². The van der Waals surface area contributed by atoms with Gasteiger partial charge in [-0.05, 0) is 38.3 Å². The van der Waals surface area contributed by atoms with E-state index in [0.29, 0.717) is 32.5 Å². The summed E-state index contributed by atoms with van der Waals surface area (Å²) in [7, 11) is -1.92. The fraction of sp³-hybridized carbons (Fsp3) is 0.579. The van der Waals surface area contributed by atoms with Gasteiger partial charge in [0.05, 0.1) is 11.4 Å². The van der Waals surface area contributed by atoms with Crippen LogP contribution in [0.25, 0.3) is 0 Å². The monoisotopic (exact) mass is 395 g/mol. The predicted molar refractivity (Wildman–Crippen MR) is 104 cm³/mol. The van der Waals surface area contributed by atoms with E-state index in [2.05, 4.69) is 5.32 Å². The highest BCUT2D eigenvalue weighted by Crippen LogP contribution is 2.25. The second-order valence-corrected chi connectivity index (χ2v) is 8.97. The van der Waals surface area contributed by atoms with Crippen molar-refractivity contribution in [1.82, 2.24) is 14.5 Å². The number of sulfonamides is 1. The molecule has 0 spiro atoms. The van der Waals surface area contributed by atoms with Gasteiger partial charge in [0.2, 0.25) is 21.8 Å². The average Bonchev–Trinajstić information content (AvgIpc) is 2.66. The summed E-state index contributed by atoms with van der Waals surface area (Å²) in [5.74, 6) is -0.528. The summed E-state index contributed by atoms with van der Waals surface area (Å²) in [5.41, 5.74) is 1.00. The molecule has 1 aliphatic rings. The molecule has 150 valence electrons. The quantitative estimate of drug-likeness (QED) is 0.756. The Hall–Kier alpha value is -1.93. The third-order valence-corrected chi connectivity index (χ3v) is 6.70. The third-order valence-electron chi connectivity index (χ3n) is 4.79. The summed E-state index contributed by atoms with van der Waals surface area (Å²) < 4.78 is 26.9. The highest BCUT2D eigenvalue weighted by atomic mass is 32.2. The lowest BCUT2D eigenvalue weighted by Gasteiger charge is -2.32. The first-order chi connectivity index (χ1) is 12.8. The summed E-state index contributed by atoms with van der Waals surface area (Å²) in [6, 6.07) is 6.79. The zero-order valence-electron chi connectivity index (χ0n) is 16.3. The fourth-order valence-corrected chi connectivity index (χ4v) is 4.60. The Kier molecular flexibility index (Phi) is 7.38. The standard InChI is InChI=1S/C19H29N3O4S/c1-4-11-20-18(23)14-21(3)19(24)16-9-12-22(13-10-16)27(25,26)17-7-5-15(2)6-8-17/h5-8,16H,4,9-14H2,1-3H3,(H,20,23). The average molecular weight is 396 g/mol. The number of carbonyl (C=O) groups is 2. The second-order valence-electron chi connectivity index (χ2n) is 7.04. The third kappa shape index (κ3) is 5.52. The van der Waals surface area contributed by atoms with Gasteiger partial charge < -0.3 is 10.2 Å². The highest BCUT2D eigenvalue weighted by molar-refractivity contribution is 7.89. The van der Waals surface area contributed by atoms with Crippen LogP contribution in [0.3, 0.4) is 0 Å². The lowest BCUT2D eigenvalue weighted by molar-refractivity contribution is -0.139. The molecule has 0 aliphatic carbocycles. The van der Waals surface area contributed by atoms with Gasteiger partial charge in [-0.15, -0.1) is 0 Å². The highest BCUT2D eigenvalue weighted by Gasteiger charge is 2.33. The van der Waals surface area contributed by atoms with Crippen LogP contribution in [0.5, 0.6) is 0 Å². The van der Waals surface area contributed by atoms with Crippen molar-refractivity contribution in [2.75, 3.05) is 33.2 Å². The van der Waals surface area contributed by atoms with Crippen LogP contribution in [0.2, 0.25) is 0 Å². The zero-order valence-corrected chi connectivity index (χ0v) is 17.1. The van der Waals surface area contributed by atoms with Gasteiger partial charge in [0.1, 0.15) is 0 Å². The first-order valence-corrected chi connectivity index (χ1v) is 10.8. The Balaban J connectivity index is 1.91. The van der Waals surface area contributed by atoms with E-state index in [1.54, 1.807) is 31.3 Å². The largest absolute Gasteiger partial charge is 0.355 e. The van der Waals surface area contributed by atoms with Gasteiger partial charge in [0, 0.05) is 32.6 Å². The smallest absolute Gasteiger partial charge is 0.243 e. The van der Waals surface area contributed by atoms with Gasteiger partial charge >= 0.3 is 0 Å². The predicted octanol–water partition coefficient (Wildman–Crippen LogP) is 1.38. The van der Waals surface area contributed by atoms with Gasteiger partial charge in [-0.3, -0.25) is 9.59 Å². The van der Waals surface area contributed by atoms with Crippen LogP contribution in [-0.2, 0) is 19.6 Å². The van der Waals surface area contributed by atoms with Gasteiger partial charge in [0.25, 0.3) is 0 Å². The van der Waals surface area contributed by atoms with Gasteiger partial charge in [-0.2, -0.15) is 4.31 Å². The van der Waals surface area contributed by atoms with Crippen LogP contribution in [0.15, 0.2) is 29.2 Å². The van der Waals surface area contributed by atoms with E-state index in [4.69, 9.17) is 0 Å². The van der Waals surface area contributed by atoms with Crippen LogP contribution < -0.4 is 5.32 Å². The number of likely N-dealkylation sites (N-methyl/N-ethyl adjacent to an activating group) is 1. The Morgan fingerprint density at radius 2 is 1.78 bits per heavy atom. The Morgan fingerprint density at radius 3 is 2.33 bits per heavy atom. The summed E-state index contributed by atoms with van der Waals surface area (Å²) in [6.45, 7) is 5.11. The fourth-order valence-electron chi connectivity index (χ4n) is 3.13. The normalized spacial score (nSPS) is 16.1. The first-order valence-electron chi connectivity index (χ1n) is 9.34. The van der Waals surface area contributed by atoms with Crippen LogP contribution in [-0.4, -0.2) is 62.7 Å². The Labute approximate surface area is 161 Å². The van der Waals surface area contributed by atoms with Crippen LogP contribution in [0, 0.1) is 12.8 Å². The number of amides is 2. The Bertz CT molecular complexity index is 754. The summed E-state index contributed by atoms with van der Waals surface area (Å²) in [6.07, 6.45) is 1.77. The SMILES string of the molecule is CCCNC(=O)CN(C)C(=O)C1CCN(S(=O)(=O)c2ccc(C)cc2)CC1. The van der Waals surface area contributed by atoms with E-state index in [-0.39, 0.29) is 29.2 Å². The number of hydrogen-bond acceptors (Lipinski definition) is 4. The number of nitrogens with zero attached hydrogens (tertiary/aromatic N) is 2. The number of benzene rings is 1. The minimum absolute atomic E-state index is 0.0285. The van der Waals surface area contributed by atoms with Crippen molar-refractivity contribution < 1.29 is 18.0 Å². The van der Waals surface area contributed by atoms with E-state index in [1.807, 2.05) is 13.8 Å². The molecule has 1 aromatic rings. The number of piperidine rings is 1. The number of rotatable bonds is 7. The van der Waals surface area contributed by atoms with E-state index in [9.17, 15) is 18.0 Å². The molecule has 27 heavy (non-hydrogen) atoms. The number of hydrogen-bond donors (Lipinski definition) is 1. The maximum atomic E-state index is 12.7. The van der Waals surface area contributed by atoms with E-state index >= 15 is 0 Å². The number of carbonyl (C=O) groups excluding carboxylic acids is 2. The molecule has 0 aromatic heterocycles. The minimum Gasteiger partial charge on any atom is -0.355 e. The molecule has 0 atom stereocenters. The van der Waals surface area contributed by atoms with Gasteiger partial charge in [0.15, 0.2) is 0 Å². The molecule has 1 N–H and O–H groups in total. The van der Waals surface area contributed by atoms with Crippen molar-refractivity contribution in [3.05, 3.63) is 29.8 Å². The van der Waals surface area contributed by atoms with E-state index in [0.717, 1.165) is 12.0 Å². The van der Waals surface area contributed by atoms with E-state index < -0.39 is 10.0 Å². The molecule has 0 unspecified atom stereocenters. The first kappa shape index (κ1) is 21.4. The Morgan fingerprint density at radius 1 is 1.19 bits per heavy atom. The maximum absolute atomic E-state index is 12.7. The molecule has 0 bridgehead atoms. The molecule has 0 radical (unpaired) electrons. The molecule has 2 amide bonds. The van der Waals surface area contributed by atoms with Crippen LogP contribution in [0.4, 0.5) is 0 Å². The molecular formula is C19H29N3O4S. The summed E-state index contributed by atoms with van der Waals surface area (Å²) >= 11 is 0. The van der Waals surface area contributed by atoms with E-state index in [1.165, 1.54) is 9.21 Å². The maximum Gasteiger partial charge on any atom is 0.243 e. The molecule has 1 fully saturated rings. The second kappa shape index (κ2) is 9.32. The number of nitrogens with one attached hydrogen (secondary N) is 1. The molecular weight excluding hydrogens is 366 g/mol. The molecule has 7 nitrogen and oxygen atoms in total. The number of aryl methyl sites for hydroxylation is 1. The molecule has 0 saturated carbocycles. The molecule has 1 heterocycles. The lowest BCUT2D eigenvalue weighted by atomic mass is 9.96. The van der Waals surface area contributed by atoms with Crippen molar-refractivity contribution in [3.63, 3.8) is 0 Å². The molecule has 1 saturated heterocycles.